The van der Waals surface area contributed by atoms with Gasteiger partial charge in [-0.15, -0.1) is 6.58 Å². The standard InChI is InChI=1S/C41H56/c1-8-11-14-17-20-34-27-35(21-18-15-12-9-2)29-36(28-34)41(22-19-16-13-10-3)39-25-32(6)30(4)23-37(39)38-24-31(5)33(7)26-40(38)41/h10,23-29H,3,8-9,11-22H2,1-2,4-7H3. The van der Waals surface area contributed by atoms with Crippen molar-refractivity contribution >= 4 is 0 Å². The molecule has 4 rings (SSSR count). The molecule has 3 aromatic carbocycles. The number of fused-ring (bicyclic) bond motifs is 3. The van der Waals surface area contributed by atoms with Gasteiger partial charge in [0.25, 0.3) is 0 Å². The van der Waals surface area contributed by atoms with E-state index in [0.29, 0.717) is 0 Å². The number of aryl methyl sites for hydroxylation is 6. The molecule has 0 bridgehead atoms. The summed E-state index contributed by atoms with van der Waals surface area (Å²) in [5.74, 6) is 0. The summed E-state index contributed by atoms with van der Waals surface area (Å²) in [6, 6.07) is 17.9. The summed E-state index contributed by atoms with van der Waals surface area (Å²) >= 11 is 0. The second-order valence-electron chi connectivity index (χ2n) is 13.1. The van der Waals surface area contributed by atoms with E-state index in [0.717, 1.165) is 12.8 Å². The fourth-order valence-corrected chi connectivity index (χ4v) is 7.14. The van der Waals surface area contributed by atoms with E-state index in [1.807, 2.05) is 0 Å². The molecule has 0 heteroatoms. The molecule has 0 spiro atoms. The third-order valence-corrected chi connectivity index (χ3v) is 9.87. The van der Waals surface area contributed by atoms with Gasteiger partial charge in [0.1, 0.15) is 0 Å². The first kappa shape index (κ1) is 31.3. The molecule has 1 aliphatic carbocycles. The Morgan fingerprint density at radius 2 is 1.05 bits per heavy atom. The van der Waals surface area contributed by atoms with Gasteiger partial charge in [0.15, 0.2) is 0 Å². The molecule has 0 heterocycles. The summed E-state index contributed by atoms with van der Waals surface area (Å²) in [4.78, 5) is 0. The monoisotopic (exact) mass is 548 g/mol. The smallest absolute Gasteiger partial charge is 0.0464 e. The Hall–Kier alpha value is -2.60. The Labute approximate surface area is 252 Å². The van der Waals surface area contributed by atoms with E-state index >= 15 is 0 Å². The summed E-state index contributed by atoms with van der Waals surface area (Å²) in [5, 5.41) is 0. The van der Waals surface area contributed by atoms with Crippen LogP contribution in [0.25, 0.3) is 11.1 Å². The lowest BCUT2D eigenvalue weighted by Gasteiger charge is -2.35. The number of allylic oxidation sites excluding steroid dienone is 1. The lowest BCUT2D eigenvalue weighted by atomic mass is 9.67. The molecule has 0 saturated heterocycles. The molecule has 220 valence electrons. The molecule has 1 aliphatic rings. The lowest BCUT2D eigenvalue weighted by Crippen LogP contribution is -2.28. The predicted molar refractivity (Wildman–Crippen MR) is 182 cm³/mol. The quantitative estimate of drug-likeness (QED) is 0.123. The van der Waals surface area contributed by atoms with Gasteiger partial charge in [-0.2, -0.15) is 0 Å². The van der Waals surface area contributed by atoms with Crippen molar-refractivity contribution in [2.45, 2.75) is 137 Å². The van der Waals surface area contributed by atoms with Crippen LogP contribution in [-0.2, 0) is 18.3 Å². The fraction of sp³-hybridized carbons (Fsp3) is 0.512. The van der Waals surface area contributed by atoms with Crippen molar-refractivity contribution in [3.05, 3.63) is 105 Å². The first-order valence-corrected chi connectivity index (χ1v) is 16.8. The molecule has 0 atom stereocenters. The van der Waals surface area contributed by atoms with Crippen LogP contribution in [0.1, 0.15) is 141 Å². The average Bonchev–Trinajstić information content (AvgIpc) is 3.20. The summed E-state index contributed by atoms with van der Waals surface area (Å²) in [6.45, 7) is 17.8. The summed E-state index contributed by atoms with van der Waals surface area (Å²) in [7, 11) is 0. The van der Waals surface area contributed by atoms with E-state index in [1.54, 1.807) is 27.8 Å². The summed E-state index contributed by atoms with van der Waals surface area (Å²) in [6.07, 6.45) is 19.7. The van der Waals surface area contributed by atoms with Crippen molar-refractivity contribution in [3.8, 4) is 11.1 Å². The largest absolute Gasteiger partial charge is 0.103 e. The van der Waals surface area contributed by atoms with Crippen molar-refractivity contribution in [1.82, 2.24) is 0 Å². The Balaban J connectivity index is 1.92. The number of benzene rings is 3. The minimum atomic E-state index is -0.0969. The normalized spacial score (nSPS) is 13.3. The number of hydrogen-bond acceptors (Lipinski definition) is 0. The van der Waals surface area contributed by atoms with Crippen LogP contribution in [0.2, 0.25) is 0 Å². The van der Waals surface area contributed by atoms with Crippen molar-refractivity contribution in [3.63, 3.8) is 0 Å². The lowest BCUT2D eigenvalue weighted by molar-refractivity contribution is 0.528. The fourth-order valence-electron chi connectivity index (χ4n) is 7.14. The highest BCUT2D eigenvalue weighted by Gasteiger charge is 2.45. The van der Waals surface area contributed by atoms with E-state index < -0.39 is 0 Å². The summed E-state index contributed by atoms with van der Waals surface area (Å²) in [5.41, 5.74) is 16.2. The van der Waals surface area contributed by atoms with Crippen LogP contribution in [0, 0.1) is 27.7 Å². The molecule has 0 nitrogen and oxygen atoms in total. The summed E-state index contributed by atoms with van der Waals surface area (Å²) < 4.78 is 0. The highest BCUT2D eigenvalue weighted by atomic mass is 14.5. The highest BCUT2D eigenvalue weighted by molar-refractivity contribution is 5.85. The van der Waals surface area contributed by atoms with Crippen LogP contribution < -0.4 is 0 Å². The zero-order chi connectivity index (χ0) is 29.4. The Morgan fingerprint density at radius 3 is 1.51 bits per heavy atom. The highest BCUT2D eigenvalue weighted by Crippen LogP contribution is 2.56. The van der Waals surface area contributed by atoms with Crippen LogP contribution in [0.5, 0.6) is 0 Å². The van der Waals surface area contributed by atoms with Crippen molar-refractivity contribution in [1.29, 1.82) is 0 Å². The van der Waals surface area contributed by atoms with Gasteiger partial charge < -0.3 is 0 Å². The maximum Gasteiger partial charge on any atom is 0.0464 e. The first-order valence-electron chi connectivity index (χ1n) is 16.8. The van der Waals surface area contributed by atoms with Crippen molar-refractivity contribution in [2.24, 2.45) is 0 Å². The van der Waals surface area contributed by atoms with Gasteiger partial charge in [0, 0.05) is 5.41 Å². The average molecular weight is 549 g/mol. The van der Waals surface area contributed by atoms with Crippen LogP contribution in [-0.4, -0.2) is 0 Å². The van der Waals surface area contributed by atoms with Crippen LogP contribution in [0.3, 0.4) is 0 Å². The maximum absolute atomic E-state index is 4.03. The van der Waals surface area contributed by atoms with Gasteiger partial charge in [-0.1, -0.05) is 107 Å². The van der Waals surface area contributed by atoms with Gasteiger partial charge in [-0.05, 0) is 134 Å². The van der Waals surface area contributed by atoms with Crippen molar-refractivity contribution in [2.75, 3.05) is 0 Å². The molecule has 0 aromatic heterocycles. The second-order valence-corrected chi connectivity index (χ2v) is 13.1. The van der Waals surface area contributed by atoms with Gasteiger partial charge in [0.2, 0.25) is 0 Å². The van der Waals surface area contributed by atoms with Gasteiger partial charge in [0.05, 0.1) is 0 Å². The van der Waals surface area contributed by atoms with E-state index in [9.17, 15) is 0 Å². The third-order valence-electron chi connectivity index (χ3n) is 9.87. The molecule has 0 unspecified atom stereocenters. The molecule has 41 heavy (non-hydrogen) atoms. The van der Waals surface area contributed by atoms with Crippen molar-refractivity contribution < 1.29 is 0 Å². The number of hydrogen-bond donors (Lipinski definition) is 0. The Bertz CT molecular complexity index is 1230. The zero-order valence-electron chi connectivity index (χ0n) is 27.2. The zero-order valence-corrected chi connectivity index (χ0v) is 27.2. The molecule has 0 amide bonds. The maximum atomic E-state index is 4.03. The SMILES string of the molecule is C=CCCCCC1(c2cc(CCCCCC)cc(CCCCCC)c2)c2cc(C)c(C)cc2-c2cc(C)c(C)cc21. The van der Waals surface area contributed by atoms with E-state index in [4.69, 9.17) is 0 Å². The molecule has 0 aliphatic heterocycles. The van der Waals surface area contributed by atoms with Crippen LogP contribution >= 0.6 is 0 Å². The molecular formula is C41H56. The first-order chi connectivity index (χ1) is 19.8. The van der Waals surface area contributed by atoms with E-state index in [1.165, 1.54) is 110 Å². The third kappa shape index (κ3) is 6.90. The van der Waals surface area contributed by atoms with Crippen LogP contribution in [0.4, 0.5) is 0 Å². The molecular weight excluding hydrogens is 492 g/mol. The molecule has 0 fully saturated rings. The van der Waals surface area contributed by atoms with Crippen LogP contribution in [0.15, 0.2) is 55.1 Å². The van der Waals surface area contributed by atoms with Gasteiger partial charge in [-0.25, -0.2) is 0 Å². The number of unbranched alkanes of at least 4 members (excludes halogenated alkanes) is 8. The molecule has 0 radical (unpaired) electrons. The minimum Gasteiger partial charge on any atom is -0.103 e. The predicted octanol–water partition coefficient (Wildman–Crippen LogP) is 12.2. The van der Waals surface area contributed by atoms with E-state index in [-0.39, 0.29) is 5.41 Å². The van der Waals surface area contributed by atoms with E-state index in [2.05, 4.69) is 96.7 Å². The Kier molecular flexibility index (Phi) is 11.1. The molecule has 3 aromatic rings. The van der Waals surface area contributed by atoms with Gasteiger partial charge >= 0.3 is 0 Å². The number of rotatable bonds is 16. The Morgan fingerprint density at radius 1 is 0.561 bits per heavy atom. The molecule has 0 N–H and O–H groups in total. The topological polar surface area (TPSA) is 0 Å². The molecule has 0 saturated carbocycles. The minimum absolute atomic E-state index is 0.0969. The van der Waals surface area contributed by atoms with Gasteiger partial charge in [-0.3, -0.25) is 0 Å². The second kappa shape index (κ2) is 14.5.